The Bertz CT molecular complexity index is 794. The van der Waals surface area contributed by atoms with Crippen molar-refractivity contribution in [3.8, 4) is 5.75 Å². The van der Waals surface area contributed by atoms with Crippen molar-refractivity contribution in [1.82, 2.24) is 10.9 Å². The standard InChI is InChI=1S/C20H22N2O3/c1-13-8-14(2)10-18(9-13)25-12-19(23)21-22-20(24)17-7-6-15-4-3-5-16(15)11-17/h6-11H,3-5,12H2,1-2H3,(H,21,23)(H,22,24). The third kappa shape index (κ3) is 4.38. The molecule has 0 unspecified atom stereocenters. The number of carbonyl (C=O) groups is 2. The molecule has 0 saturated carbocycles. The molecule has 3 rings (SSSR count). The molecule has 25 heavy (non-hydrogen) atoms. The second-order valence-electron chi connectivity index (χ2n) is 6.45. The highest BCUT2D eigenvalue weighted by Gasteiger charge is 2.14. The van der Waals surface area contributed by atoms with Crippen LogP contribution in [0.1, 0.15) is 39.0 Å². The van der Waals surface area contributed by atoms with E-state index in [2.05, 4.69) is 10.9 Å². The van der Waals surface area contributed by atoms with Crippen LogP contribution >= 0.6 is 0 Å². The number of ether oxygens (including phenoxy) is 1. The highest BCUT2D eigenvalue weighted by atomic mass is 16.5. The van der Waals surface area contributed by atoms with Crippen molar-refractivity contribution >= 4 is 11.8 Å². The summed E-state index contributed by atoms with van der Waals surface area (Å²) in [6.45, 7) is 3.78. The van der Waals surface area contributed by atoms with Crippen molar-refractivity contribution < 1.29 is 14.3 Å². The molecule has 0 aliphatic heterocycles. The molecular formula is C20H22N2O3. The van der Waals surface area contributed by atoms with Crippen LogP contribution in [0.25, 0.3) is 0 Å². The molecule has 5 nitrogen and oxygen atoms in total. The minimum Gasteiger partial charge on any atom is -0.484 e. The molecule has 1 aliphatic rings. The quantitative estimate of drug-likeness (QED) is 0.842. The number of hydrazine groups is 1. The van der Waals surface area contributed by atoms with E-state index < -0.39 is 5.91 Å². The number of amides is 2. The topological polar surface area (TPSA) is 67.4 Å². The van der Waals surface area contributed by atoms with Crippen LogP contribution in [-0.4, -0.2) is 18.4 Å². The average molecular weight is 338 g/mol. The van der Waals surface area contributed by atoms with Gasteiger partial charge in [-0.3, -0.25) is 20.4 Å². The highest BCUT2D eigenvalue weighted by Crippen LogP contribution is 2.22. The van der Waals surface area contributed by atoms with E-state index in [9.17, 15) is 9.59 Å². The Labute approximate surface area is 147 Å². The van der Waals surface area contributed by atoms with E-state index in [-0.39, 0.29) is 12.5 Å². The molecule has 5 heteroatoms. The van der Waals surface area contributed by atoms with Gasteiger partial charge in [-0.15, -0.1) is 0 Å². The van der Waals surface area contributed by atoms with Gasteiger partial charge in [-0.05, 0) is 79.6 Å². The summed E-state index contributed by atoms with van der Waals surface area (Å²) in [5, 5.41) is 0. The average Bonchev–Trinajstić information content (AvgIpc) is 3.04. The predicted molar refractivity (Wildman–Crippen MR) is 95.5 cm³/mol. The minimum absolute atomic E-state index is 0.159. The number of hydrogen-bond donors (Lipinski definition) is 2. The van der Waals surface area contributed by atoms with E-state index in [1.807, 2.05) is 44.2 Å². The SMILES string of the molecule is Cc1cc(C)cc(OCC(=O)NNC(=O)c2ccc3c(c2)CCC3)c1. The zero-order valence-electron chi connectivity index (χ0n) is 14.5. The lowest BCUT2D eigenvalue weighted by molar-refractivity contribution is -0.123. The third-order valence-electron chi connectivity index (χ3n) is 4.24. The van der Waals surface area contributed by atoms with Gasteiger partial charge < -0.3 is 4.74 Å². The monoisotopic (exact) mass is 338 g/mol. The van der Waals surface area contributed by atoms with E-state index >= 15 is 0 Å². The van der Waals surface area contributed by atoms with Gasteiger partial charge in [-0.1, -0.05) is 12.1 Å². The molecule has 2 amide bonds. The van der Waals surface area contributed by atoms with Gasteiger partial charge in [-0.2, -0.15) is 0 Å². The summed E-state index contributed by atoms with van der Waals surface area (Å²) in [5.41, 5.74) is 10.0. The molecule has 0 atom stereocenters. The smallest absolute Gasteiger partial charge is 0.276 e. The Balaban J connectivity index is 1.49. The summed E-state index contributed by atoms with van der Waals surface area (Å²) in [7, 11) is 0. The fraction of sp³-hybridized carbons (Fsp3) is 0.300. The van der Waals surface area contributed by atoms with Crippen LogP contribution in [-0.2, 0) is 17.6 Å². The predicted octanol–water partition coefficient (Wildman–Crippen LogP) is 2.63. The van der Waals surface area contributed by atoms with Gasteiger partial charge in [0.2, 0.25) is 0 Å². The van der Waals surface area contributed by atoms with Crippen LogP contribution in [0.4, 0.5) is 0 Å². The molecule has 0 spiro atoms. The van der Waals surface area contributed by atoms with Crippen LogP contribution in [0.3, 0.4) is 0 Å². The van der Waals surface area contributed by atoms with Gasteiger partial charge >= 0.3 is 0 Å². The zero-order valence-corrected chi connectivity index (χ0v) is 14.5. The number of nitrogens with one attached hydrogen (secondary N) is 2. The molecule has 1 aliphatic carbocycles. The molecule has 2 N–H and O–H groups in total. The summed E-state index contributed by atoms with van der Waals surface area (Å²) in [4.78, 5) is 24.0. The van der Waals surface area contributed by atoms with Crippen LogP contribution in [0.5, 0.6) is 5.75 Å². The van der Waals surface area contributed by atoms with Crippen LogP contribution in [0.15, 0.2) is 36.4 Å². The molecule has 2 aromatic rings. The van der Waals surface area contributed by atoms with Gasteiger partial charge in [0.1, 0.15) is 5.75 Å². The van der Waals surface area contributed by atoms with E-state index in [0.717, 1.165) is 30.4 Å². The Morgan fingerprint density at radius 3 is 2.44 bits per heavy atom. The molecule has 0 heterocycles. The summed E-state index contributed by atoms with van der Waals surface area (Å²) in [6, 6.07) is 11.4. The van der Waals surface area contributed by atoms with Gasteiger partial charge in [0.05, 0.1) is 0 Å². The highest BCUT2D eigenvalue weighted by molar-refractivity contribution is 5.95. The first-order valence-electron chi connectivity index (χ1n) is 8.43. The zero-order chi connectivity index (χ0) is 17.8. The molecular weight excluding hydrogens is 316 g/mol. The van der Waals surface area contributed by atoms with Crippen molar-refractivity contribution in [2.45, 2.75) is 33.1 Å². The van der Waals surface area contributed by atoms with Gasteiger partial charge in [0.25, 0.3) is 11.8 Å². The molecule has 0 aromatic heterocycles. The summed E-state index contributed by atoms with van der Waals surface area (Å²) >= 11 is 0. The van der Waals surface area contributed by atoms with Crippen molar-refractivity contribution in [3.63, 3.8) is 0 Å². The Morgan fingerprint density at radius 1 is 0.960 bits per heavy atom. The first-order valence-corrected chi connectivity index (χ1v) is 8.43. The second-order valence-corrected chi connectivity index (χ2v) is 6.45. The molecule has 0 saturated heterocycles. The number of benzene rings is 2. The second kappa shape index (κ2) is 7.38. The minimum atomic E-state index is -0.409. The largest absolute Gasteiger partial charge is 0.484 e. The fourth-order valence-corrected chi connectivity index (χ4v) is 3.11. The lowest BCUT2D eigenvalue weighted by atomic mass is 10.1. The van der Waals surface area contributed by atoms with Crippen molar-refractivity contribution in [2.75, 3.05) is 6.61 Å². The van der Waals surface area contributed by atoms with Crippen LogP contribution in [0.2, 0.25) is 0 Å². The van der Waals surface area contributed by atoms with E-state index in [0.29, 0.717) is 11.3 Å². The van der Waals surface area contributed by atoms with Gasteiger partial charge in [0, 0.05) is 5.56 Å². The lowest BCUT2D eigenvalue weighted by Crippen LogP contribution is -2.43. The van der Waals surface area contributed by atoms with Crippen molar-refractivity contribution in [2.24, 2.45) is 0 Å². The first kappa shape index (κ1) is 17.0. The van der Waals surface area contributed by atoms with Gasteiger partial charge in [0.15, 0.2) is 6.61 Å². The van der Waals surface area contributed by atoms with Crippen molar-refractivity contribution in [3.05, 3.63) is 64.2 Å². The number of carbonyl (C=O) groups excluding carboxylic acids is 2. The maximum atomic E-state index is 12.1. The molecule has 130 valence electrons. The molecule has 0 fully saturated rings. The molecule has 0 radical (unpaired) electrons. The maximum Gasteiger partial charge on any atom is 0.276 e. The third-order valence-corrected chi connectivity index (χ3v) is 4.24. The van der Waals surface area contributed by atoms with E-state index in [1.165, 1.54) is 11.1 Å². The van der Waals surface area contributed by atoms with Crippen LogP contribution < -0.4 is 15.6 Å². The number of aryl methyl sites for hydroxylation is 4. The van der Waals surface area contributed by atoms with Gasteiger partial charge in [-0.25, -0.2) is 0 Å². The number of hydrogen-bond acceptors (Lipinski definition) is 3. The first-order chi connectivity index (χ1) is 12.0. The normalized spacial score (nSPS) is 12.4. The number of fused-ring (bicyclic) bond motifs is 1. The number of rotatable bonds is 4. The molecule has 2 aromatic carbocycles. The summed E-state index contributed by atoms with van der Waals surface area (Å²) < 4.78 is 5.46. The fourth-order valence-electron chi connectivity index (χ4n) is 3.11. The summed E-state index contributed by atoms with van der Waals surface area (Å²) in [5.74, 6) is -0.0966. The lowest BCUT2D eigenvalue weighted by Gasteiger charge is -2.10. The van der Waals surface area contributed by atoms with E-state index in [4.69, 9.17) is 4.74 Å². The van der Waals surface area contributed by atoms with Crippen LogP contribution in [0, 0.1) is 13.8 Å². The molecule has 0 bridgehead atoms. The Hall–Kier alpha value is -2.82. The maximum absolute atomic E-state index is 12.1. The summed E-state index contributed by atoms with van der Waals surface area (Å²) in [6.07, 6.45) is 3.21. The Kier molecular flexibility index (Phi) is 5.03. The Morgan fingerprint density at radius 2 is 1.68 bits per heavy atom. The van der Waals surface area contributed by atoms with Crippen molar-refractivity contribution in [1.29, 1.82) is 0 Å². The van der Waals surface area contributed by atoms with E-state index in [1.54, 1.807) is 6.07 Å².